The molecule has 3 nitrogen and oxygen atoms in total. The molecule has 3 rings (SSSR count). The molecule has 5 heteroatoms. The zero-order chi connectivity index (χ0) is 16.7. The molecular weight excluding hydrogens is 308 g/mol. The standard InChI is InChI=1S/C18H27BClNO2/c1-17(2)18(3,4)23-19(22-17)14-10-9-13(16(20)11-14)12-21-15-7-5-6-8-15/h9-11,15,21H,5-8,12H2,1-4H3. The van der Waals surface area contributed by atoms with Gasteiger partial charge in [0.15, 0.2) is 0 Å². The summed E-state index contributed by atoms with van der Waals surface area (Å²) in [6.45, 7) is 9.08. The van der Waals surface area contributed by atoms with Crippen LogP contribution in [0.4, 0.5) is 0 Å². The van der Waals surface area contributed by atoms with Gasteiger partial charge in [-0.25, -0.2) is 0 Å². The molecule has 0 spiro atoms. The Balaban J connectivity index is 1.67. The van der Waals surface area contributed by atoms with Gasteiger partial charge < -0.3 is 14.6 Å². The van der Waals surface area contributed by atoms with Gasteiger partial charge in [-0.2, -0.15) is 0 Å². The molecule has 126 valence electrons. The van der Waals surface area contributed by atoms with Gasteiger partial charge in [-0.1, -0.05) is 36.6 Å². The minimum atomic E-state index is -0.352. The minimum absolute atomic E-state index is 0.327. The van der Waals surface area contributed by atoms with Crippen molar-refractivity contribution >= 4 is 24.2 Å². The number of nitrogens with one attached hydrogen (secondary N) is 1. The average Bonchev–Trinajstić information content (AvgIpc) is 3.04. The van der Waals surface area contributed by atoms with E-state index < -0.39 is 0 Å². The van der Waals surface area contributed by atoms with Crippen LogP contribution < -0.4 is 10.8 Å². The van der Waals surface area contributed by atoms with Crippen molar-refractivity contribution in [3.05, 3.63) is 28.8 Å². The summed E-state index contributed by atoms with van der Waals surface area (Å²) >= 11 is 6.48. The topological polar surface area (TPSA) is 30.5 Å². The first kappa shape index (κ1) is 17.3. The molecule has 1 aromatic rings. The first-order valence-electron chi connectivity index (χ1n) is 8.66. The highest BCUT2D eigenvalue weighted by atomic mass is 35.5. The fraction of sp³-hybridized carbons (Fsp3) is 0.667. The van der Waals surface area contributed by atoms with Crippen molar-refractivity contribution in [2.24, 2.45) is 0 Å². The van der Waals surface area contributed by atoms with Crippen LogP contribution in [-0.2, 0) is 15.9 Å². The van der Waals surface area contributed by atoms with Crippen LogP contribution in [0.15, 0.2) is 18.2 Å². The van der Waals surface area contributed by atoms with Gasteiger partial charge in [-0.15, -0.1) is 0 Å². The van der Waals surface area contributed by atoms with Crippen molar-refractivity contribution in [3.63, 3.8) is 0 Å². The van der Waals surface area contributed by atoms with E-state index in [-0.39, 0.29) is 18.3 Å². The molecule has 1 heterocycles. The van der Waals surface area contributed by atoms with Crippen LogP contribution in [0.1, 0.15) is 58.9 Å². The van der Waals surface area contributed by atoms with Gasteiger partial charge >= 0.3 is 7.12 Å². The third-order valence-electron chi connectivity index (χ3n) is 5.54. The van der Waals surface area contributed by atoms with Crippen molar-refractivity contribution in [2.75, 3.05) is 0 Å². The second-order valence-corrected chi connectivity index (χ2v) is 8.21. The number of hydrogen-bond acceptors (Lipinski definition) is 3. The lowest BCUT2D eigenvalue weighted by Crippen LogP contribution is -2.41. The Kier molecular flexibility index (Phi) is 4.81. The zero-order valence-electron chi connectivity index (χ0n) is 14.6. The summed E-state index contributed by atoms with van der Waals surface area (Å²) in [5.74, 6) is 0. The van der Waals surface area contributed by atoms with Crippen LogP contribution in [0, 0.1) is 0 Å². The molecule has 0 amide bonds. The van der Waals surface area contributed by atoms with E-state index in [1.54, 1.807) is 0 Å². The predicted molar refractivity (Wildman–Crippen MR) is 96.3 cm³/mol. The Morgan fingerprint density at radius 3 is 2.30 bits per heavy atom. The molecule has 0 unspecified atom stereocenters. The molecule has 2 aliphatic rings. The largest absolute Gasteiger partial charge is 0.494 e. The fourth-order valence-corrected chi connectivity index (χ4v) is 3.47. The summed E-state index contributed by atoms with van der Waals surface area (Å²) in [7, 11) is -0.352. The van der Waals surface area contributed by atoms with E-state index in [1.807, 2.05) is 6.07 Å². The number of halogens is 1. The SMILES string of the molecule is CC1(C)OB(c2ccc(CNC3CCCC3)c(Cl)c2)OC1(C)C. The van der Waals surface area contributed by atoms with Gasteiger partial charge in [-0.3, -0.25) is 0 Å². The summed E-state index contributed by atoms with van der Waals surface area (Å²) in [5, 5.41) is 4.39. The molecule has 1 aliphatic carbocycles. The van der Waals surface area contributed by atoms with Crippen LogP contribution in [0.3, 0.4) is 0 Å². The maximum atomic E-state index is 6.48. The van der Waals surface area contributed by atoms with Gasteiger partial charge in [-0.05, 0) is 57.6 Å². The molecule has 2 fully saturated rings. The summed E-state index contributed by atoms with van der Waals surface area (Å²) in [6, 6.07) is 6.79. The lowest BCUT2D eigenvalue weighted by Gasteiger charge is -2.32. The Bertz CT molecular complexity index is 554. The maximum absolute atomic E-state index is 6.48. The summed E-state index contributed by atoms with van der Waals surface area (Å²) < 4.78 is 12.2. The molecule has 1 saturated carbocycles. The average molecular weight is 336 g/mol. The highest BCUT2D eigenvalue weighted by Crippen LogP contribution is 2.36. The molecule has 0 atom stereocenters. The molecule has 23 heavy (non-hydrogen) atoms. The van der Waals surface area contributed by atoms with E-state index in [9.17, 15) is 0 Å². The lowest BCUT2D eigenvalue weighted by molar-refractivity contribution is 0.00578. The quantitative estimate of drug-likeness (QED) is 0.852. The van der Waals surface area contributed by atoms with E-state index in [0.29, 0.717) is 6.04 Å². The summed E-state index contributed by atoms with van der Waals surface area (Å²) in [4.78, 5) is 0. The highest BCUT2D eigenvalue weighted by Gasteiger charge is 2.51. The lowest BCUT2D eigenvalue weighted by atomic mass is 9.79. The molecule has 0 radical (unpaired) electrons. The van der Waals surface area contributed by atoms with Gasteiger partial charge in [0, 0.05) is 17.6 Å². The smallest absolute Gasteiger partial charge is 0.399 e. The van der Waals surface area contributed by atoms with Crippen molar-refractivity contribution < 1.29 is 9.31 Å². The van der Waals surface area contributed by atoms with E-state index >= 15 is 0 Å². The van der Waals surface area contributed by atoms with Crippen LogP contribution >= 0.6 is 11.6 Å². The first-order chi connectivity index (χ1) is 10.8. The minimum Gasteiger partial charge on any atom is -0.399 e. The maximum Gasteiger partial charge on any atom is 0.494 e. The summed E-state index contributed by atoms with van der Waals surface area (Å²) in [6.07, 6.45) is 5.24. The number of rotatable bonds is 4. The summed E-state index contributed by atoms with van der Waals surface area (Å²) in [5.41, 5.74) is 1.47. The van der Waals surface area contributed by atoms with Crippen LogP contribution in [-0.4, -0.2) is 24.4 Å². The van der Waals surface area contributed by atoms with E-state index in [4.69, 9.17) is 20.9 Å². The van der Waals surface area contributed by atoms with Gasteiger partial charge in [0.05, 0.1) is 11.2 Å². The molecular formula is C18H27BClNO2. The molecule has 1 aliphatic heterocycles. The van der Waals surface area contributed by atoms with Crippen molar-refractivity contribution in [1.29, 1.82) is 0 Å². The number of hydrogen-bond donors (Lipinski definition) is 1. The highest BCUT2D eigenvalue weighted by molar-refractivity contribution is 6.62. The van der Waals surface area contributed by atoms with Crippen LogP contribution in [0.2, 0.25) is 5.02 Å². The molecule has 0 aromatic heterocycles. The Morgan fingerprint density at radius 1 is 1.13 bits per heavy atom. The Morgan fingerprint density at radius 2 is 1.74 bits per heavy atom. The molecule has 0 bridgehead atoms. The van der Waals surface area contributed by atoms with Gasteiger partial charge in [0.1, 0.15) is 0 Å². The second kappa shape index (κ2) is 6.40. The Hall–Kier alpha value is -0.545. The van der Waals surface area contributed by atoms with E-state index in [0.717, 1.165) is 22.6 Å². The third-order valence-corrected chi connectivity index (χ3v) is 5.89. The third kappa shape index (κ3) is 3.61. The first-order valence-corrected chi connectivity index (χ1v) is 9.04. The van der Waals surface area contributed by atoms with E-state index in [1.165, 1.54) is 25.7 Å². The van der Waals surface area contributed by atoms with Gasteiger partial charge in [0.25, 0.3) is 0 Å². The monoisotopic (exact) mass is 335 g/mol. The van der Waals surface area contributed by atoms with Crippen molar-refractivity contribution in [1.82, 2.24) is 5.32 Å². The second-order valence-electron chi connectivity index (χ2n) is 7.80. The normalized spacial score (nSPS) is 23.6. The van der Waals surface area contributed by atoms with Crippen LogP contribution in [0.5, 0.6) is 0 Å². The predicted octanol–water partition coefficient (Wildman–Crippen LogP) is 3.67. The van der Waals surface area contributed by atoms with Crippen molar-refractivity contribution in [3.8, 4) is 0 Å². The fourth-order valence-electron chi connectivity index (χ4n) is 3.22. The van der Waals surface area contributed by atoms with Crippen molar-refractivity contribution in [2.45, 2.75) is 77.2 Å². The molecule has 1 aromatic carbocycles. The molecule has 1 saturated heterocycles. The molecule has 1 N–H and O–H groups in total. The number of benzene rings is 1. The zero-order valence-corrected chi connectivity index (χ0v) is 15.4. The van der Waals surface area contributed by atoms with Crippen LogP contribution in [0.25, 0.3) is 0 Å². The Labute approximate surface area is 145 Å². The van der Waals surface area contributed by atoms with Gasteiger partial charge in [0.2, 0.25) is 0 Å². The van der Waals surface area contributed by atoms with E-state index in [2.05, 4.69) is 45.1 Å².